The maximum atomic E-state index is 12.5. The monoisotopic (exact) mass is 533 g/mol. The van der Waals surface area contributed by atoms with Gasteiger partial charge in [0, 0.05) is 31.5 Å². The Kier molecular flexibility index (Phi) is 11.2. The van der Waals surface area contributed by atoms with E-state index in [1.165, 1.54) is 13.3 Å². The van der Waals surface area contributed by atoms with Gasteiger partial charge in [0.15, 0.2) is 6.23 Å². The molecule has 0 saturated carbocycles. The summed E-state index contributed by atoms with van der Waals surface area (Å²) in [5, 5.41) is 8.96. The summed E-state index contributed by atoms with van der Waals surface area (Å²) in [5.41, 5.74) is -1.30. The molecule has 204 valence electrons. The van der Waals surface area contributed by atoms with Crippen molar-refractivity contribution in [3.63, 3.8) is 0 Å². The third-order valence-corrected chi connectivity index (χ3v) is 5.75. The molecular weight excluding hydrogens is 498 g/mol. The molecule has 0 aromatic carbocycles. The van der Waals surface area contributed by atoms with Gasteiger partial charge in [0.2, 0.25) is 16.4 Å². The van der Waals surface area contributed by atoms with Gasteiger partial charge in [0.05, 0.1) is 32.0 Å². The fourth-order valence-corrected chi connectivity index (χ4v) is 4.23. The van der Waals surface area contributed by atoms with Gasteiger partial charge in [-0.15, -0.1) is 0 Å². The Hall–Kier alpha value is -2.16. The average molecular weight is 534 g/mol. The highest BCUT2D eigenvalue weighted by Gasteiger charge is 2.49. The van der Waals surface area contributed by atoms with Crippen molar-refractivity contribution in [2.45, 2.75) is 77.2 Å². The Balaban J connectivity index is 2.43. The second kappa shape index (κ2) is 13.4. The van der Waals surface area contributed by atoms with Gasteiger partial charge in [-0.2, -0.15) is 5.26 Å². The van der Waals surface area contributed by atoms with Crippen molar-refractivity contribution >= 4 is 10.0 Å². The van der Waals surface area contributed by atoms with E-state index in [0.29, 0.717) is 0 Å². The molecule has 36 heavy (non-hydrogen) atoms. The lowest BCUT2D eigenvalue weighted by Gasteiger charge is -2.39. The molecule has 2 heterocycles. The fraction of sp³-hybridized carbons (Fsp3) is 0.762. The molecule has 0 radical (unpaired) electrons. The standard InChI is InChI=1S/C21H35N5O9S/c1-13(2)26(14(3)4)21(32-11-7-9-22)35-17-15(12-33-24-36(6,29)30)34-19(18(17)31-5)25-10-8-16(27)23-20(25)28/h8,10,13-15,17-19,21,24H,7,11-12H2,1-6H3,(H,23,27,28)/t15-,17-,18-,19-,21?/m1/s1. The minimum Gasteiger partial charge on any atom is -0.374 e. The van der Waals surface area contributed by atoms with Crippen molar-refractivity contribution in [1.29, 1.82) is 5.26 Å². The van der Waals surface area contributed by atoms with Gasteiger partial charge in [-0.05, 0) is 27.7 Å². The first-order chi connectivity index (χ1) is 16.9. The number of nitriles is 1. The number of H-pyrrole nitrogens is 1. The van der Waals surface area contributed by atoms with Crippen molar-refractivity contribution in [1.82, 2.24) is 19.3 Å². The molecule has 1 unspecified atom stereocenters. The van der Waals surface area contributed by atoms with Crippen LogP contribution in [0.1, 0.15) is 40.3 Å². The molecule has 1 aromatic heterocycles. The number of rotatable bonds is 14. The molecule has 0 aliphatic carbocycles. The molecule has 0 spiro atoms. The first-order valence-corrected chi connectivity index (χ1v) is 13.3. The third-order valence-electron chi connectivity index (χ3n) is 5.32. The topological polar surface area (TPSA) is 174 Å². The van der Waals surface area contributed by atoms with Gasteiger partial charge < -0.3 is 18.9 Å². The molecule has 14 nitrogen and oxygen atoms in total. The molecule has 1 aliphatic rings. The number of nitrogens with one attached hydrogen (secondary N) is 2. The lowest BCUT2D eigenvalue weighted by molar-refractivity contribution is -0.275. The maximum absolute atomic E-state index is 12.5. The van der Waals surface area contributed by atoms with Crippen LogP contribution in [0, 0.1) is 11.3 Å². The summed E-state index contributed by atoms with van der Waals surface area (Å²) in [6.45, 7) is 7.65. The second-order valence-electron chi connectivity index (χ2n) is 8.77. The Morgan fingerprint density at radius 3 is 2.44 bits per heavy atom. The van der Waals surface area contributed by atoms with Crippen LogP contribution in [0.4, 0.5) is 0 Å². The van der Waals surface area contributed by atoms with Gasteiger partial charge >= 0.3 is 5.69 Å². The summed E-state index contributed by atoms with van der Waals surface area (Å²) in [4.78, 5) is 35.2. The zero-order chi connectivity index (χ0) is 27.0. The molecule has 0 amide bonds. The Bertz CT molecular complexity index is 1090. The van der Waals surface area contributed by atoms with Crippen LogP contribution < -0.4 is 16.1 Å². The van der Waals surface area contributed by atoms with E-state index in [1.54, 1.807) is 0 Å². The average Bonchev–Trinajstić information content (AvgIpc) is 3.09. The van der Waals surface area contributed by atoms with Gasteiger partial charge in [0.25, 0.3) is 5.56 Å². The summed E-state index contributed by atoms with van der Waals surface area (Å²) in [7, 11) is -2.26. The lowest BCUT2D eigenvalue weighted by atomic mass is 10.1. The van der Waals surface area contributed by atoms with E-state index in [4.69, 9.17) is 29.0 Å². The van der Waals surface area contributed by atoms with Crippen molar-refractivity contribution in [3.05, 3.63) is 33.1 Å². The molecule has 1 fully saturated rings. The molecule has 2 rings (SSSR count). The normalized spacial score (nSPS) is 23.4. The highest BCUT2D eigenvalue weighted by molar-refractivity contribution is 7.88. The van der Waals surface area contributed by atoms with Crippen LogP contribution in [0.25, 0.3) is 0 Å². The van der Waals surface area contributed by atoms with Crippen LogP contribution in [0.2, 0.25) is 0 Å². The second-order valence-corrected chi connectivity index (χ2v) is 10.5. The fourth-order valence-electron chi connectivity index (χ4n) is 3.95. The predicted molar refractivity (Wildman–Crippen MR) is 127 cm³/mol. The van der Waals surface area contributed by atoms with E-state index in [9.17, 15) is 18.0 Å². The molecule has 15 heteroatoms. The summed E-state index contributed by atoms with van der Waals surface area (Å²) >= 11 is 0. The number of hydrogen-bond acceptors (Lipinski definition) is 11. The first-order valence-electron chi connectivity index (χ1n) is 11.4. The van der Waals surface area contributed by atoms with Gasteiger partial charge in [-0.1, -0.05) is 4.89 Å². The van der Waals surface area contributed by atoms with E-state index in [-0.39, 0.29) is 31.7 Å². The van der Waals surface area contributed by atoms with E-state index < -0.39 is 52.2 Å². The van der Waals surface area contributed by atoms with Gasteiger partial charge in [0.1, 0.15) is 18.3 Å². The predicted octanol–water partition coefficient (Wildman–Crippen LogP) is -0.352. The number of nitrogens with zero attached hydrogens (tertiary/aromatic N) is 3. The molecular formula is C21H35N5O9S. The van der Waals surface area contributed by atoms with E-state index in [1.807, 2.05) is 43.5 Å². The number of aromatic nitrogens is 2. The summed E-state index contributed by atoms with van der Waals surface area (Å²) in [6, 6.07) is 3.16. The molecule has 1 aromatic rings. The molecule has 0 bridgehead atoms. The molecule has 1 saturated heterocycles. The molecule has 1 aliphatic heterocycles. The van der Waals surface area contributed by atoms with Crippen LogP contribution in [0.15, 0.2) is 21.9 Å². The van der Waals surface area contributed by atoms with Crippen LogP contribution in [-0.2, 0) is 33.8 Å². The Morgan fingerprint density at radius 1 is 1.25 bits per heavy atom. The van der Waals surface area contributed by atoms with Crippen LogP contribution in [-0.4, -0.2) is 86.3 Å². The highest BCUT2D eigenvalue weighted by atomic mass is 32.2. The summed E-state index contributed by atoms with van der Waals surface area (Å²) in [6.07, 6.45) is -2.35. The van der Waals surface area contributed by atoms with E-state index in [2.05, 4.69) is 4.98 Å². The molecule has 2 N–H and O–H groups in total. The maximum Gasteiger partial charge on any atom is 0.330 e. The molecule has 5 atom stereocenters. The number of aromatic amines is 1. The lowest BCUT2D eigenvalue weighted by Crippen LogP contribution is -2.52. The zero-order valence-corrected chi connectivity index (χ0v) is 22.1. The summed E-state index contributed by atoms with van der Waals surface area (Å²) < 4.78 is 48.0. The van der Waals surface area contributed by atoms with E-state index >= 15 is 0 Å². The van der Waals surface area contributed by atoms with Crippen LogP contribution in [0.5, 0.6) is 0 Å². The largest absolute Gasteiger partial charge is 0.374 e. The highest BCUT2D eigenvalue weighted by Crippen LogP contribution is 2.34. The SMILES string of the molecule is CO[C@@H]1[C@H](OC(OCCC#N)N(C(C)C)C(C)C)[C@@H](CONS(C)(=O)=O)O[C@H]1n1ccc(=O)[nH]c1=O. The zero-order valence-electron chi connectivity index (χ0n) is 21.2. The van der Waals surface area contributed by atoms with Gasteiger partial charge in [-0.3, -0.25) is 24.1 Å². The smallest absolute Gasteiger partial charge is 0.330 e. The van der Waals surface area contributed by atoms with E-state index in [0.717, 1.165) is 16.9 Å². The first kappa shape index (κ1) is 30.1. The quantitative estimate of drug-likeness (QED) is 0.182. The minimum absolute atomic E-state index is 0.0142. The number of methoxy groups -OCH3 is 1. The number of ether oxygens (including phenoxy) is 4. The van der Waals surface area contributed by atoms with Gasteiger partial charge in [-0.25, -0.2) is 13.2 Å². The minimum atomic E-state index is -3.66. The third kappa shape index (κ3) is 8.18. The van der Waals surface area contributed by atoms with Crippen LogP contribution in [0.3, 0.4) is 0 Å². The van der Waals surface area contributed by atoms with Crippen molar-refractivity contribution in [2.24, 2.45) is 0 Å². The van der Waals surface area contributed by atoms with Crippen molar-refractivity contribution < 1.29 is 32.2 Å². The number of hydrogen-bond donors (Lipinski definition) is 2. The number of sulfonamides is 1. The Morgan fingerprint density at radius 2 is 1.92 bits per heavy atom. The Labute approximate surface area is 210 Å². The van der Waals surface area contributed by atoms with Crippen molar-refractivity contribution in [3.8, 4) is 6.07 Å². The van der Waals surface area contributed by atoms with Crippen molar-refractivity contribution in [2.75, 3.05) is 26.6 Å². The summed E-state index contributed by atoms with van der Waals surface area (Å²) in [5.74, 6) is 0. The van der Waals surface area contributed by atoms with Crippen LogP contribution >= 0.6 is 0 Å².